The first-order valence-corrected chi connectivity index (χ1v) is 13.0. The predicted octanol–water partition coefficient (Wildman–Crippen LogP) is 2.98. The lowest BCUT2D eigenvalue weighted by atomic mass is 9.42. The van der Waals surface area contributed by atoms with Crippen molar-refractivity contribution < 1.29 is 34.8 Å². The molecule has 0 aromatic carbocycles. The minimum Gasteiger partial charge on any atom is -0.458 e. The second-order valence-electron chi connectivity index (χ2n) is 12.4. The van der Waals surface area contributed by atoms with Gasteiger partial charge in [-0.1, -0.05) is 38.0 Å². The maximum atomic E-state index is 13.0. The highest BCUT2D eigenvalue weighted by molar-refractivity contribution is 5.87. The summed E-state index contributed by atoms with van der Waals surface area (Å²) in [6, 6.07) is 0. The highest BCUT2D eigenvalue weighted by Crippen LogP contribution is 2.70. The van der Waals surface area contributed by atoms with E-state index >= 15 is 0 Å². The molecule has 0 radical (unpaired) electrons. The standard InChI is InChI=1S/C28H42O7/c1-16(2)17(3)13-23(31)35-22-15-21-24(5)9-8-20(30)14-19(24)7-10-27(21,33)28(34)12-11-26(32,18(4)29)25(22,28)6/h7,13,16,20-22,30,32-34H,8-12,14-15H2,1-6H3/t20-,21+,22+,24-,25+,26-,27-,28+/m0/s1. The molecule has 4 aliphatic carbocycles. The Morgan fingerprint density at radius 3 is 2.37 bits per heavy atom. The van der Waals surface area contributed by atoms with Crippen LogP contribution in [0.2, 0.25) is 0 Å². The van der Waals surface area contributed by atoms with Crippen LogP contribution in [0.3, 0.4) is 0 Å². The number of hydrogen-bond donors (Lipinski definition) is 4. The van der Waals surface area contributed by atoms with Gasteiger partial charge in [0.1, 0.15) is 22.9 Å². The second kappa shape index (κ2) is 8.23. The van der Waals surface area contributed by atoms with Crippen molar-refractivity contribution in [3.63, 3.8) is 0 Å². The van der Waals surface area contributed by atoms with E-state index in [0.717, 1.165) is 11.1 Å². The number of carbonyl (C=O) groups excluding carboxylic acids is 2. The normalized spacial score (nSPS) is 47.5. The fourth-order valence-electron chi connectivity index (χ4n) is 7.90. The highest BCUT2D eigenvalue weighted by Gasteiger charge is 2.81. The maximum Gasteiger partial charge on any atom is 0.330 e. The monoisotopic (exact) mass is 490 g/mol. The lowest BCUT2D eigenvalue weighted by Gasteiger charge is -2.67. The number of ketones is 1. The molecule has 4 N–H and O–H groups in total. The van der Waals surface area contributed by atoms with Crippen LogP contribution in [-0.2, 0) is 14.3 Å². The molecular weight excluding hydrogens is 448 g/mol. The van der Waals surface area contributed by atoms with Gasteiger partial charge in [-0.2, -0.15) is 0 Å². The fourth-order valence-corrected chi connectivity index (χ4v) is 7.90. The third kappa shape index (κ3) is 3.38. The van der Waals surface area contributed by atoms with Crippen molar-refractivity contribution in [2.75, 3.05) is 0 Å². The van der Waals surface area contributed by atoms with Gasteiger partial charge in [-0.05, 0) is 77.0 Å². The average Bonchev–Trinajstić information content (AvgIpc) is 3.00. The summed E-state index contributed by atoms with van der Waals surface area (Å²) >= 11 is 0. The van der Waals surface area contributed by atoms with Crippen molar-refractivity contribution >= 4 is 11.8 Å². The lowest BCUT2D eigenvalue weighted by molar-refractivity contribution is -0.314. The molecule has 7 nitrogen and oxygen atoms in total. The minimum absolute atomic E-state index is 0.0172. The van der Waals surface area contributed by atoms with Crippen molar-refractivity contribution in [1.82, 2.24) is 0 Å². The lowest BCUT2D eigenvalue weighted by Crippen LogP contribution is -2.78. The topological polar surface area (TPSA) is 124 Å². The van der Waals surface area contributed by atoms with E-state index in [1.165, 1.54) is 13.0 Å². The number of fused-ring (bicyclic) bond motifs is 5. The molecule has 0 spiro atoms. The van der Waals surface area contributed by atoms with Crippen LogP contribution in [0.4, 0.5) is 0 Å². The molecule has 196 valence electrons. The van der Waals surface area contributed by atoms with Crippen LogP contribution >= 0.6 is 0 Å². The molecule has 3 fully saturated rings. The number of ether oxygens (including phenoxy) is 1. The Bertz CT molecular complexity index is 984. The zero-order valence-corrected chi connectivity index (χ0v) is 21.9. The van der Waals surface area contributed by atoms with E-state index in [1.54, 1.807) is 6.92 Å². The number of Topliss-reactive ketones (excluding diaryl/α,β-unsaturated/α-hetero) is 1. The summed E-state index contributed by atoms with van der Waals surface area (Å²) < 4.78 is 6.01. The fraction of sp³-hybridized carbons (Fsp3) is 0.786. The summed E-state index contributed by atoms with van der Waals surface area (Å²) in [7, 11) is 0. The SMILES string of the molecule is CC(=O)[C@@]1(O)CC[C@@]2(O)[C@]1(C)[C@H](OC(=O)C=C(C)C(C)C)C[C@@H]1[C@@]3(C)CC[C@H](O)CC3=CC[C@]12O. The first-order chi connectivity index (χ1) is 16.1. The predicted molar refractivity (Wildman–Crippen MR) is 130 cm³/mol. The third-order valence-corrected chi connectivity index (χ3v) is 10.7. The summed E-state index contributed by atoms with van der Waals surface area (Å²) in [5.74, 6) is -1.41. The molecule has 35 heavy (non-hydrogen) atoms. The highest BCUT2D eigenvalue weighted by atomic mass is 16.5. The van der Waals surface area contributed by atoms with Gasteiger partial charge in [0, 0.05) is 12.0 Å². The summed E-state index contributed by atoms with van der Waals surface area (Å²) in [5, 5.41) is 46.7. The molecule has 0 amide bonds. The van der Waals surface area contributed by atoms with E-state index in [1.807, 2.05) is 26.8 Å². The van der Waals surface area contributed by atoms with Crippen molar-refractivity contribution in [2.45, 2.75) is 115 Å². The van der Waals surface area contributed by atoms with Gasteiger partial charge in [0.15, 0.2) is 5.78 Å². The summed E-state index contributed by atoms with van der Waals surface area (Å²) in [6.45, 7) is 10.7. The number of hydrogen-bond acceptors (Lipinski definition) is 7. The van der Waals surface area contributed by atoms with E-state index in [4.69, 9.17) is 4.74 Å². The van der Waals surface area contributed by atoms with Crippen LogP contribution in [-0.4, -0.2) is 61.2 Å². The van der Waals surface area contributed by atoms with Gasteiger partial charge in [-0.3, -0.25) is 4.79 Å². The van der Waals surface area contributed by atoms with Crippen LogP contribution in [0.1, 0.15) is 86.5 Å². The molecule has 7 heteroatoms. The van der Waals surface area contributed by atoms with Crippen LogP contribution < -0.4 is 0 Å². The smallest absolute Gasteiger partial charge is 0.330 e. The van der Waals surface area contributed by atoms with E-state index in [-0.39, 0.29) is 31.6 Å². The Labute approximate surface area is 208 Å². The molecule has 0 aromatic rings. The Morgan fingerprint density at radius 2 is 1.77 bits per heavy atom. The van der Waals surface area contributed by atoms with Crippen LogP contribution in [0.25, 0.3) is 0 Å². The van der Waals surface area contributed by atoms with Crippen LogP contribution in [0.15, 0.2) is 23.3 Å². The molecule has 0 bridgehead atoms. The zero-order valence-electron chi connectivity index (χ0n) is 21.9. The Hall–Kier alpha value is -1.54. The molecule has 4 rings (SSSR count). The van der Waals surface area contributed by atoms with Crippen molar-refractivity contribution in [1.29, 1.82) is 0 Å². The molecule has 8 atom stereocenters. The molecule has 3 saturated carbocycles. The largest absolute Gasteiger partial charge is 0.458 e. The number of carbonyl (C=O) groups is 2. The molecule has 0 aromatic heterocycles. The summed E-state index contributed by atoms with van der Waals surface area (Å²) in [5.41, 5.74) is -5.62. The molecule has 4 aliphatic rings. The van der Waals surface area contributed by atoms with E-state index in [2.05, 4.69) is 6.92 Å². The van der Waals surface area contributed by atoms with Crippen molar-refractivity contribution in [3.05, 3.63) is 23.3 Å². The average molecular weight is 491 g/mol. The molecular formula is C28H42O7. The third-order valence-electron chi connectivity index (χ3n) is 10.7. The van der Waals surface area contributed by atoms with Gasteiger partial charge in [0.25, 0.3) is 0 Å². The molecule has 0 heterocycles. The van der Waals surface area contributed by atoms with Crippen molar-refractivity contribution in [3.8, 4) is 0 Å². The number of aliphatic hydroxyl groups excluding tert-OH is 1. The van der Waals surface area contributed by atoms with E-state index < -0.39 is 57.5 Å². The molecule has 0 aliphatic heterocycles. The maximum absolute atomic E-state index is 13.0. The molecule has 0 unspecified atom stereocenters. The van der Waals surface area contributed by atoms with Gasteiger partial charge in [-0.25, -0.2) is 4.79 Å². The summed E-state index contributed by atoms with van der Waals surface area (Å²) in [6.07, 6.45) is 4.01. The second-order valence-corrected chi connectivity index (χ2v) is 12.4. The Kier molecular flexibility index (Phi) is 6.24. The van der Waals surface area contributed by atoms with Crippen molar-refractivity contribution in [2.24, 2.45) is 22.7 Å². The van der Waals surface area contributed by atoms with E-state index in [9.17, 15) is 30.0 Å². The molecule has 0 saturated heterocycles. The van der Waals surface area contributed by atoms with Crippen LogP contribution in [0, 0.1) is 22.7 Å². The summed E-state index contributed by atoms with van der Waals surface area (Å²) in [4.78, 5) is 25.9. The van der Waals surface area contributed by atoms with Gasteiger partial charge in [0.05, 0.1) is 11.5 Å². The number of rotatable bonds is 4. The van der Waals surface area contributed by atoms with Crippen LogP contribution in [0.5, 0.6) is 0 Å². The first kappa shape index (κ1) is 26.5. The van der Waals surface area contributed by atoms with Gasteiger partial charge in [0.2, 0.25) is 0 Å². The zero-order chi connectivity index (χ0) is 26.2. The Morgan fingerprint density at radius 1 is 1.11 bits per heavy atom. The first-order valence-electron chi connectivity index (χ1n) is 13.0. The number of allylic oxidation sites excluding steroid dienone is 1. The Balaban J connectivity index is 1.85. The number of esters is 1. The minimum atomic E-state index is -1.95. The van der Waals surface area contributed by atoms with Gasteiger partial charge < -0.3 is 25.2 Å². The van der Waals surface area contributed by atoms with E-state index in [0.29, 0.717) is 19.3 Å². The number of aliphatic hydroxyl groups is 4. The van der Waals surface area contributed by atoms with Gasteiger partial charge >= 0.3 is 5.97 Å². The quantitative estimate of drug-likeness (QED) is 0.271. The van der Waals surface area contributed by atoms with Gasteiger partial charge in [-0.15, -0.1) is 0 Å².